The van der Waals surface area contributed by atoms with Crippen LogP contribution in [-0.4, -0.2) is 29.2 Å². The number of rotatable bonds is 0. The summed E-state index contributed by atoms with van der Waals surface area (Å²) in [4.78, 5) is 12.2. The van der Waals surface area contributed by atoms with Gasteiger partial charge < -0.3 is 10.0 Å². The lowest BCUT2D eigenvalue weighted by atomic mass is 10.0. The Labute approximate surface area is 82.4 Å². The minimum Gasteiger partial charge on any atom is -0.465 e. The van der Waals surface area contributed by atoms with Crippen LogP contribution in [0.5, 0.6) is 0 Å². The van der Waals surface area contributed by atoms with Gasteiger partial charge in [0.2, 0.25) is 0 Å². The summed E-state index contributed by atoms with van der Waals surface area (Å²) >= 11 is 0. The first kappa shape index (κ1) is 9.07. The number of likely N-dealkylation sites (tertiary alicyclic amines) is 1. The normalized spacial score (nSPS) is 33.1. The fraction of sp³-hybridized carbons (Fsp3) is 0.600. The zero-order valence-corrected chi connectivity index (χ0v) is 7.81. The van der Waals surface area contributed by atoms with Gasteiger partial charge in [0.05, 0.1) is 6.07 Å². The molecule has 0 radical (unpaired) electrons. The molecule has 2 aliphatic rings. The first-order valence-corrected chi connectivity index (χ1v) is 4.76. The highest BCUT2D eigenvalue weighted by Crippen LogP contribution is 2.40. The largest absolute Gasteiger partial charge is 0.465 e. The van der Waals surface area contributed by atoms with Gasteiger partial charge in [0, 0.05) is 19.2 Å². The van der Waals surface area contributed by atoms with Gasteiger partial charge in [0.15, 0.2) is 0 Å². The van der Waals surface area contributed by atoms with Gasteiger partial charge >= 0.3 is 6.09 Å². The summed E-state index contributed by atoms with van der Waals surface area (Å²) in [6.45, 7) is 1.28. The molecule has 0 aromatic heterocycles. The lowest BCUT2D eigenvalue weighted by Crippen LogP contribution is -2.27. The van der Waals surface area contributed by atoms with Crippen molar-refractivity contribution >= 4 is 6.09 Å². The van der Waals surface area contributed by atoms with E-state index >= 15 is 0 Å². The van der Waals surface area contributed by atoms with Crippen molar-refractivity contribution in [2.45, 2.75) is 12.8 Å². The fourth-order valence-corrected chi connectivity index (χ4v) is 2.52. The van der Waals surface area contributed by atoms with E-state index in [0.717, 1.165) is 12.8 Å². The molecular weight excluding hydrogens is 180 g/mol. The van der Waals surface area contributed by atoms with Crippen LogP contribution in [0.25, 0.3) is 0 Å². The minimum atomic E-state index is -0.815. The summed E-state index contributed by atoms with van der Waals surface area (Å²) in [7, 11) is 0. The molecule has 0 spiro atoms. The lowest BCUT2D eigenvalue weighted by molar-refractivity contribution is 0.152. The zero-order chi connectivity index (χ0) is 10.1. The molecule has 0 aromatic carbocycles. The Bertz CT molecular complexity index is 314. The molecule has 1 aliphatic heterocycles. The van der Waals surface area contributed by atoms with Crippen LogP contribution in [-0.2, 0) is 0 Å². The van der Waals surface area contributed by atoms with Gasteiger partial charge in [-0.05, 0) is 24.7 Å². The van der Waals surface area contributed by atoms with Crippen LogP contribution in [0.4, 0.5) is 4.79 Å². The number of hydrogen-bond acceptors (Lipinski definition) is 2. The molecule has 0 aromatic rings. The minimum absolute atomic E-state index is 0.450. The van der Waals surface area contributed by atoms with E-state index in [0.29, 0.717) is 24.9 Å². The first-order valence-electron chi connectivity index (χ1n) is 4.76. The predicted octanol–water partition coefficient (Wildman–Crippen LogP) is 1.46. The van der Waals surface area contributed by atoms with Crippen molar-refractivity contribution in [1.29, 1.82) is 5.26 Å². The zero-order valence-electron chi connectivity index (χ0n) is 7.81. The van der Waals surface area contributed by atoms with Gasteiger partial charge in [0.25, 0.3) is 0 Å². The monoisotopic (exact) mass is 192 g/mol. The highest BCUT2D eigenvalue weighted by Gasteiger charge is 2.39. The Morgan fingerprint density at radius 1 is 1.50 bits per heavy atom. The van der Waals surface area contributed by atoms with E-state index in [-0.39, 0.29) is 0 Å². The maximum absolute atomic E-state index is 10.7. The van der Waals surface area contributed by atoms with E-state index in [1.165, 1.54) is 10.5 Å². The second-order valence-electron chi connectivity index (χ2n) is 4.05. The third-order valence-electron chi connectivity index (χ3n) is 3.16. The van der Waals surface area contributed by atoms with Crippen molar-refractivity contribution in [2.24, 2.45) is 11.8 Å². The molecular formula is C10H12N2O2. The molecule has 4 nitrogen and oxygen atoms in total. The summed E-state index contributed by atoms with van der Waals surface area (Å²) in [5.41, 5.74) is 1.19. The Hall–Kier alpha value is -1.50. The number of fused-ring (bicyclic) bond motifs is 1. The van der Waals surface area contributed by atoms with E-state index in [1.807, 2.05) is 6.07 Å². The van der Waals surface area contributed by atoms with Crippen LogP contribution < -0.4 is 0 Å². The first-order chi connectivity index (χ1) is 6.70. The van der Waals surface area contributed by atoms with Crippen molar-refractivity contribution in [2.75, 3.05) is 13.1 Å². The number of allylic oxidation sites excluding steroid dienone is 2. The number of nitriles is 1. The quantitative estimate of drug-likeness (QED) is 0.591. The lowest BCUT2D eigenvalue weighted by Gasteiger charge is -2.12. The van der Waals surface area contributed by atoms with Crippen LogP contribution in [0.1, 0.15) is 12.8 Å². The van der Waals surface area contributed by atoms with E-state index in [4.69, 9.17) is 10.4 Å². The molecule has 2 rings (SSSR count). The Morgan fingerprint density at radius 2 is 2.07 bits per heavy atom. The highest BCUT2D eigenvalue weighted by atomic mass is 16.4. The van der Waals surface area contributed by atoms with Crippen LogP contribution in [0.3, 0.4) is 0 Å². The number of amides is 1. The van der Waals surface area contributed by atoms with Gasteiger partial charge in [-0.3, -0.25) is 0 Å². The molecule has 1 saturated carbocycles. The smallest absolute Gasteiger partial charge is 0.407 e. The number of hydrogen-bond donors (Lipinski definition) is 1. The van der Waals surface area contributed by atoms with Crippen LogP contribution in [0, 0.1) is 23.2 Å². The van der Waals surface area contributed by atoms with Crippen LogP contribution >= 0.6 is 0 Å². The summed E-state index contributed by atoms with van der Waals surface area (Å²) < 4.78 is 0. The molecule has 74 valence electrons. The van der Waals surface area contributed by atoms with Gasteiger partial charge in [-0.1, -0.05) is 5.57 Å². The van der Waals surface area contributed by atoms with E-state index in [2.05, 4.69) is 0 Å². The Balaban J connectivity index is 2.00. The average Bonchev–Trinajstić information content (AvgIpc) is 2.61. The number of nitrogens with zero attached hydrogens (tertiary/aromatic N) is 2. The molecule has 14 heavy (non-hydrogen) atoms. The molecule has 1 saturated heterocycles. The molecule has 0 bridgehead atoms. The molecule has 2 atom stereocenters. The van der Waals surface area contributed by atoms with E-state index in [9.17, 15) is 4.79 Å². The van der Waals surface area contributed by atoms with Gasteiger partial charge in [-0.15, -0.1) is 0 Å². The average molecular weight is 192 g/mol. The summed E-state index contributed by atoms with van der Waals surface area (Å²) in [5, 5.41) is 17.3. The molecule has 0 unspecified atom stereocenters. The van der Waals surface area contributed by atoms with Crippen LogP contribution in [0.2, 0.25) is 0 Å². The Kier molecular flexibility index (Phi) is 2.16. The molecule has 1 N–H and O–H groups in total. The van der Waals surface area contributed by atoms with Crippen molar-refractivity contribution in [1.82, 2.24) is 4.90 Å². The van der Waals surface area contributed by atoms with Crippen molar-refractivity contribution in [3.05, 3.63) is 11.6 Å². The van der Waals surface area contributed by atoms with Gasteiger partial charge in [-0.25, -0.2) is 4.79 Å². The molecule has 1 aliphatic carbocycles. The second-order valence-corrected chi connectivity index (χ2v) is 4.05. The van der Waals surface area contributed by atoms with Crippen molar-refractivity contribution in [3.63, 3.8) is 0 Å². The maximum atomic E-state index is 10.7. The van der Waals surface area contributed by atoms with Gasteiger partial charge in [-0.2, -0.15) is 5.26 Å². The second kappa shape index (κ2) is 3.33. The van der Waals surface area contributed by atoms with Gasteiger partial charge in [0.1, 0.15) is 0 Å². The van der Waals surface area contributed by atoms with Crippen LogP contribution in [0.15, 0.2) is 11.6 Å². The Morgan fingerprint density at radius 3 is 2.50 bits per heavy atom. The summed E-state index contributed by atoms with van der Waals surface area (Å²) in [6.07, 6.45) is 2.61. The third-order valence-corrected chi connectivity index (χ3v) is 3.16. The SMILES string of the molecule is N#CC=C1C[C@@H]2CN(C(=O)O)C[C@@H]2C1. The van der Waals surface area contributed by atoms with Crippen molar-refractivity contribution < 1.29 is 9.90 Å². The molecule has 1 heterocycles. The fourth-order valence-electron chi connectivity index (χ4n) is 2.52. The molecule has 1 amide bonds. The standard InChI is InChI=1S/C10H12N2O2/c11-2-1-7-3-8-5-12(10(13)14)6-9(8)4-7/h1,8-9H,3-6H2,(H,13,14)/t8-,9+. The van der Waals surface area contributed by atoms with Crippen molar-refractivity contribution in [3.8, 4) is 6.07 Å². The van der Waals surface area contributed by atoms with E-state index < -0.39 is 6.09 Å². The highest BCUT2D eigenvalue weighted by molar-refractivity contribution is 5.65. The molecule has 2 fully saturated rings. The molecule has 4 heteroatoms. The maximum Gasteiger partial charge on any atom is 0.407 e. The summed E-state index contributed by atoms with van der Waals surface area (Å²) in [6, 6.07) is 2.04. The third kappa shape index (κ3) is 1.46. The van der Waals surface area contributed by atoms with E-state index in [1.54, 1.807) is 6.08 Å². The number of carboxylic acid groups (broad SMARTS) is 1. The summed E-state index contributed by atoms with van der Waals surface area (Å²) in [5.74, 6) is 0.899. The predicted molar refractivity (Wildman–Crippen MR) is 49.5 cm³/mol. The topological polar surface area (TPSA) is 64.3 Å². The number of carbonyl (C=O) groups is 1.